The second kappa shape index (κ2) is 7.38. The van der Waals surface area contributed by atoms with Gasteiger partial charge in [0.05, 0.1) is 0 Å². The van der Waals surface area contributed by atoms with Gasteiger partial charge in [-0.05, 0) is 51.2 Å². The van der Waals surface area contributed by atoms with Gasteiger partial charge in [0.1, 0.15) is 23.2 Å². The van der Waals surface area contributed by atoms with Gasteiger partial charge in [0.2, 0.25) is 5.91 Å². The first-order valence-electron chi connectivity index (χ1n) is 8.15. The van der Waals surface area contributed by atoms with E-state index in [1.807, 2.05) is 24.8 Å². The van der Waals surface area contributed by atoms with Gasteiger partial charge in [0.15, 0.2) is 0 Å². The van der Waals surface area contributed by atoms with Gasteiger partial charge in [-0.15, -0.1) is 0 Å². The molecule has 0 spiro atoms. The number of piperidine rings is 1. The molecule has 2 rings (SSSR count). The summed E-state index contributed by atoms with van der Waals surface area (Å²) in [7, 11) is 0. The Hall–Kier alpha value is -2.82. The number of ether oxygens (including phenoxy) is 1. The number of carbonyl (C=O) groups excluding carboxylic acids is 2. The van der Waals surface area contributed by atoms with E-state index in [9.17, 15) is 9.59 Å². The van der Waals surface area contributed by atoms with Crippen molar-refractivity contribution >= 4 is 17.8 Å². The Balaban J connectivity index is 2.03. The number of carbonyl (C=O) groups is 2. The van der Waals surface area contributed by atoms with Crippen molar-refractivity contribution in [1.29, 1.82) is 5.26 Å². The highest BCUT2D eigenvalue weighted by molar-refractivity contribution is 5.93. The van der Waals surface area contributed by atoms with Crippen LogP contribution in [0.15, 0.2) is 12.1 Å². The van der Waals surface area contributed by atoms with Crippen LogP contribution in [0, 0.1) is 17.2 Å². The highest BCUT2D eigenvalue weighted by Gasteiger charge is 2.29. The summed E-state index contributed by atoms with van der Waals surface area (Å²) < 4.78 is 5.15. The summed E-state index contributed by atoms with van der Waals surface area (Å²) in [6, 6.07) is 4.96. The van der Waals surface area contributed by atoms with Crippen LogP contribution in [0.1, 0.15) is 49.2 Å². The quantitative estimate of drug-likeness (QED) is 0.830. The van der Waals surface area contributed by atoms with Crippen LogP contribution in [-0.2, 0) is 4.74 Å². The van der Waals surface area contributed by atoms with Crippen LogP contribution >= 0.6 is 0 Å². The molecule has 0 bridgehead atoms. The molecule has 1 aliphatic heterocycles. The highest BCUT2D eigenvalue weighted by atomic mass is 16.6. The SMILES string of the molecule is CC(C)(CC1CCN(c2cc(C(N)=O)cc(C#N)n2)CC1)OC(N)=O. The summed E-state index contributed by atoms with van der Waals surface area (Å²) in [5.41, 5.74) is 10.3. The smallest absolute Gasteiger partial charge is 0.405 e. The van der Waals surface area contributed by atoms with Crippen LogP contribution in [0.4, 0.5) is 10.6 Å². The highest BCUT2D eigenvalue weighted by Crippen LogP contribution is 2.30. The zero-order valence-corrected chi connectivity index (χ0v) is 14.5. The number of rotatable bonds is 5. The third kappa shape index (κ3) is 5.08. The fourth-order valence-corrected chi connectivity index (χ4v) is 3.25. The van der Waals surface area contributed by atoms with Gasteiger partial charge in [0, 0.05) is 18.7 Å². The molecule has 8 nitrogen and oxygen atoms in total. The first-order valence-corrected chi connectivity index (χ1v) is 8.15. The molecule has 1 fully saturated rings. The molecule has 0 aliphatic carbocycles. The molecule has 1 aromatic rings. The molecule has 8 heteroatoms. The third-order valence-electron chi connectivity index (χ3n) is 4.31. The Labute approximate surface area is 146 Å². The van der Waals surface area contributed by atoms with E-state index >= 15 is 0 Å². The summed E-state index contributed by atoms with van der Waals surface area (Å²) in [5, 5.41) is 9.07. The maximum atomic E-state index is 11.4. The molecule has 1 aromatic heterocycles. The van der Waals surface area contributed by atoms with Gasteiger partial charge in [-0.25, -0.2) is 9.78 Å². The summed E-state index contributed by atoms with van der Waals surface area (Å²) in [6.45, 7) is 5.16. The molecule has 4 N–H and O–H groups in total. The van der Waals surface area contributed by atoms with Gasteiger partial charge >= 0.3 is 6.09 Å². The second-order valence-electron chi connectivity index (χ2n) is 6.89. The molecule has 2 heterocycles. The van der Waals surface area contributed by atoms with E-state index in [-0.39, 0.29) is 11.3 Å². The van der Waals surface area contributed by atoms with Crippen LogP contribution in [-0.4, -0.2) is 35.7 Å². The topological polar surface area (TPSA) is 135 Å². The summed E-state index contributed by atoms with van der Waals surface area (Å²) in [4.78, 5) is 28.7. The van der Waals surface area contributed by atoms with Crippen molar-refractivity contribution in [2.75, 3.05) is 18.0 Å². The third-order valence-corrected chi connectivity index (χ3v) is 4.31. The number of anilines is 1. The first-order chi connectivity index (χ1) is 11.7. The molecular formula is C17H23N5O3. The molecule has 25 heavy (non-hydrogen) atoms. The summed E-state index contributed by atoms with van der Waals surface area (Å²) in [6.07, 6.45) is 1.73. The molecule has 1 saturated heterocycles. The Morgan fingerprint density at radius 3 is 2.52 bits per heavy atom. The number of nitrogens with zero attached hydrogens (tertiary/aromatic N) is 3. The van der Waals surface area contributed by atoms with Crippen LogP contribution in [0.2, 0.25) is 0 Å². The zero-order chi connectivity index (χ0) is 18.6. The normalized spacial score (nSPS) is 15.5. The fraction of sp³-hybridized carbons (Fsp3) is 0.529. The van der Waals surface area contributed by atoms with E-state index in [1.165, 1.54) is 6.07 Å². The lowest BCUT2D eigenvalue weighted by molar-refractivity contribution is 0.0236. The summed E-state index contributed by atoms with van der Waals surface area (Å²) >= 11 is 0. The van der Waals surface area contributed by atoms with Crippen molar-refractivity contribution < 1.29 is 14.3 Å². The minimum Gasteiger partial charge on any atom is -0.444 e. The molecule has 0 saturated carbocycles. The molecule has 2 amide bonds. The molecule has 134 valence electrons. The van der Waals surface area contributed by atoms with Gasteiger partial charge < -0.3 is 21.1 Å². The number of nitrogens with two attached hydrogens (primary N) is 2. The lowest BCUT2D eigenvalue weighted by Gasteiger charge is -2.36. The van der Waals surface area contributed by atoms with Crippen molar-refractivity contribution in [3.05, 3.63) is 23.4 Å². The Morgan fingerprint density at radius 2 is 2.00 bits per heavy atom. The van der Waals surface area contributed by atoms with E-state index in [0.717, 1.165) is 32.4 Å². The van der Waals surface area contributed by atoms with E-state index in [2.05, 4.69) is 4.98 Å². The minimum atomic E-state index is -0.765. The number of primary amides is 2. The predicted molar refractivity (Wildman–Crippen MR) is 91.8 cm³/mol. The maximum absolute atomic E-state index is 11.4. The van der Waals surface area contributed by atoms with Crippen molar-refractivity contribution in [2.45, 2.75) is 38.7 Å². The van der Waals surface area contributed by atoms with Crippen LogP contribution in [0.5, 0.6) is 0 Å². The summed E-state index contributed by atoms with van der Waals surface area (Å²) in [5.74, 6) is 0.389. The fourth-order valence-electron chi connectivity index (χ4n) is 3.25. The largest absolute Gasteiger partial charge is 0.444 e. The van der Waals surface area contributed by atoms with Crippen LogP contribution in [0.25, 0.3) is 0 Å². The standard InChI is InChI=1S/C17H23N5O3/c1-17(2,25-16(20)24)9-11-3-5-22(6-4-11)14-8-12(15(19)23)7-13(10-18)21-14/h7-8,11H,3-6,9H2,1-2H3,(H2,19,23)(H2,20,24). The van der Waals surface area contributed by atoms with Gasteiger partial charge in [-0.3, -0.25) is 4.79 Å². The number of amides is 2. The van der Waals surface area contributed by atoms with Crippen molar-refractivity contribution in [3.63, 3.8) is 0 Å². The van der Waals surface area contributed by atoms with E-state index in [1.54, 1.807) is 6.07 Å². The maximum Gasteiger partial charge on any atom is 0.405 e. The van der Waals surface area contributed by atoms with E-state index in [4.69, 9.17) is 21.5 Å². The van der Waals surface area contributed by atoms with E-state index < -0.39 is 17.6 Å². The number of hydrogen-bond acceptors (Lipinski definition) is 6. The number of hydrogen-bond donors (Lipinski definition) is 2. The van der Waals surface area contributed by atoms with Crippen LogP contribution in [0.3, 0.4) is 0 Å². The number of nitriles is 1. The number of aromatic nitrogens is 1. The molecular weight excluding hydrogens is 322 g/mol. The van der Waals surface area contributed by atoms with E-state index in [0.29, 0.717) is 11.7 Å². The Morgan fingerprint density at radius 1 is 1.36 bits per heavy atom. The van der Waals surface area contributed by atoms with Crippen molar-refractivity contribution in [1.82, 2.24) is 4.98 Å². The average molecular weight is 345 g/mol. The van der Waals surface area contributed by atoms with Crippen molar-refractivity contribution in [3.8, 4) is 6.07 Å². The lowest BCUT2D eigenvalue weighted by atomic mass is 9.86. The van der Waals surface area contributed by atoms with Gasteiger partial charge in [-0.2, -0.15) is 5.26 Å². The minimum absolute atomic E-state index is 0.171. The monoisotopic (exact) mass is 345 g/mol. The zero-order valence-electron chi connectivity index (χ0n) is 14.5. The first kappa shape index (κ1) is 18.5. The lowest BCUT2D eigenvalue weighted by Crippen LogP contribution is -2.39. The average Bonchev–Trinajstić information content (AvgIpc) is 2.53. The molecule has 0 unspecified atom stereocenters. The van der Waals surface area contributed by atoms with Gasteiger partial charge in [0.25, 0.3) is 0 Å². The predicted octanol–water partition coefficient (Wildman–Crippen LogP) is 1.53. The number of pyridine rings is 1. The van der Waals surface area contributed by atoms with Gasteiger partial charge in [-0.1, -0.05) is 0 Å². The van der Waals surface area contributed by atoms with Crippen molar-refractivity contribution in [2.24, 2.45) is 17.4 Å². The Bertz CT molecular complexity index is 703. The Kier molecular flexibility index (Phi) is 5.47. The second-order valence-corrected chi connectivity index (χ2v) is 6.89. The molecule has 1 aliphatic rings. The molecule has 0 atom stereocenters. The van der Waals surface area contributed by atoms with Crippen LogP contribution < -0.4 is 16.4 Å². The molecule has 0 aromatic carbocycles. The molecule has 0 radical (unpaired) electrons.